The summed E-state index contributed by atoms with van der Waals surface area (Å²) in [7, 11) is -3.58. The van der Waals surface area contributed by atoms with Crippen LogP contribution >= 0.6 is 0 Å². The van der Waals surface area contributed by atoms with Crippen molar-refractivity contribution in [2.45, 2.75) is 31.4 Å². The summed E-state index contributed by atoms with van der Waals surface area (Å²) in [5, 5.41) is 0. The van der Waals surface area contributed by atoms with E-state index in [0.29, 0.717) is 36.4 Å². The molecule has 164 valence electrons. The number of carbonyl (C=O) groups is 1. The summed E-state index contributed by atoms with van der Waals surface area (Å²) in [6, 6.07) is 15.3. The van der Waals surface area contributed by atoms with Gasteiger partial charge in [-0.15, -0.1) is 4.40 Å². The van der Waals surface area contributed by atoms with Crippen molar-refractivity contribution < 1.29 is 17.9 Å². The number of likely N-dealkylation sites (tertiary alicyclic amines) is 1. The Balaban J connectivity index is 1.35. The molecule has 0 unspecified atom stereocenters. The van der Waals surface area contributed by atoms with E-state index in [0.717, 1.165) is 25.8 Å². The highest BCUT2D eigenvalue weighted by Gasteiger charge is 2.27. The number of ether oxygens (including phenoxy) is 1. The predicted molar refractivity (Wildman–Crippen MR) is 119 cm³/mol. The van der Waals surface area contributed by atoms with Crippen LogP contribution in [-0.2, 0) is 27.0 Å². The molecule has 2 N–H and O–H groups in total. The lowest BCUT2D eigenvalue weighted by Crippen LogP contribution is -2.41. The number of amides is 1. The zero-order valence-corrected chi connectivity index (χ0v) is 18.2. The minimum absolute atomic E-state index is 0.0294. The molecule has 0 bridgehead atoms. The Morgan fingerprint density at radius 3 is 2.77 bits per heavy atom. The third kappa shape index (κ3) is 5.25. The van der Waals surface area contributed by atoms with Crippen molar-refractivity contribution in [3.8, 4) is 5.75 Å². The average molecular weight is 442 g/mol. The summed E-state index contributed by atoms with van der Waals surface area (Å²) >= 11 is 0. The van der Waals surface area contributed by atoms with E-state index in [-0.39, 0.29) is 23.4 Å². The Labute approximate surface area is 183 Å². The molecule has 0 saturated carbocycles. The third-order valence-electron chi connectivity index (χ3n) is 5.76. The number of fused-ring (bicyclic) bond motifs is 1. The molecule has 0 aliphatic carbocycles. The molecule has 2 heterocycles. The van der Waals surface area contributed by atoms with Crippen LogP contribution in [0.1, 0.15) is 36.0 Å². The topological polar surface area (TPSA) is 102 Å². The van der Waals surface area contributed by atoms with Crippen LogP contribution < -0.4 is 10.5 Å². The summed E-state index contributed by atoms with van der Waals surface area (Å²) < 4.78 is 33.3. The van der Waals surface area contributed by atoms with Crippen molar-refractivity contribution in [2.75, 3.05) is 19.7 Å². The number of aryl methyl sites for hydroxylation is 1. The Kier molecular flexibility index (Phi) is 6.27. The van der Waals surface area contributed by atoms with Crippen molar-refractivity contribution in [1.82, 2.24) is 4.90 Å². The van der Waals surface area contributed by atoms with Crippen LogP contribution in [0.15, 0.2) is 52.9 Å². The van der Waals surface area contributed by atoms with E-state index >= 15 is 0 Å². The number of rotatable bonds is 6. The molecular formula is C23H27N3O4S. The molecule has 1 amide bonds. The number of carbonyl (C=O) groups excluding carboxylic acids is 1. The summed E-state index contributed by atoms with van der Waals surface area (Å²) in [5.41, 5.74) is 8.24. The van der Waals surface area contributed by atoms with Gasteiger partial charge in [-0.3, -0.25) is 4.79 Å². The highest BCUT2D eigenvalue weighted by atomic mass is 32.2. The van der Waals surface area contributed by atoms with Crippen molar-refractivity contribution >= 4 is 21.8 Å². The smallest absolute Gasteiger partial charge is 0.259 e. The Bertz CT molecular complexity index is 1080. The first kappa shape index (κ1) is 21.4. The molecule has 2 aliphatic rings. The van der Waals surface area contributed by atoms with Gasteiger partial charge in [-0.05, 0) is 36.5 Å². The van der Waals surface area contributed by atoms with Crippen LogP contribution in [0.25, 0.3) is 0 Å². The SMILES string of the molecule is NC1=NS(=O)(=O)Cc2cccc(OC[C@H]3CCCN(C(=O)CCc4ccccc4)C3)c21. The fourth-order valence-electron chi connectivity index (χ4n) is 4.22. The molecule has 1 atom stereocenters. The van der Waals surface area contributed by atoms with E-state index in [9.17, 15) is 13.2 Å². The van der Waals surface area contributed by atoms with E-state index in [1.54, 1.807) is 18.2 Å². The summed E-state index contributed by atoms with van der Waals surface area (Å²) in [6.07, 6.45) is 3.18. The molecule has 7 nitrogen and oxygen atoms in total. The minimum Gasteiger partial charge on any atom is -0.492 e. The molecule has 1 saturated heterocycles. The summed E-state index contributed by atoms with van der Waals surface area (Å²) in [5.74, 6) is 0.732. The van der Waals surface area contributed by atoms with Crippen molar-refractivity contribution in [3.63, 3.8) is 0 Å². The number of sulfonamides is 1. The lowest BCUT2D eigenvalue weighted by Gasteiger charge is -2.33. The fraction of sp³-hybridized carbons (Fsp3) is 0.391. The number of piperidine rings is 1. The standard InChI is InChI=1S/C23H27N3O4S/c24-23-22-19(16-31(28,29)25-23)9-4-10-20(22)30-15-18-8-5-13-26(14-18)21(27)12-11-17-6-2-1-3-7-17/h1-4,6-7,9-10,18H,5,8,11-16H2,(H2,24,25)/t18-/m0/s1. The van der Waals surface area contributed by atoms with Gasteiger partial charge < -0.3 is 15.4 Å². The first-order valence-corrected chi connectivity index (χ1v) is 12.2. The van der Waals surface area contributed by atoms with E-state index in [4.69, 9.17) is 10.5 Å². The van der Waals surface area contributed by atoms with Gasteiger partial charge in [0.25, 0.3) is 10.0 Å². The maximum atomic E-state index is 12.7. The Morgan fingerprint density at radius 1 is 1.16 bits per heavy atom. The number of nitrogens with two attached hydrogens (primary N) is 1. The van der Waals surface area contributed by atoms with Gasteiger partial charge in [0.15, 0.2) is 0 Å². The number of hydrogen-bond acceptors (Lipinski definition) is 5. The van der Waals surface area contributed by atoms with Gasteiger partial charge in [-0.2, -0.15) is 0 Å². The van der Waals surface area contributed by atoms with Crippen LogP contribution in [-0.4, -0.2) is 44.8 Å². The zero-order chi connectivity index (χ0) is 21.8. The molecule has 0 spiro atoms. The number of nitrogens with zero attached hydrogens (tertiary/aromatic N) is 2. The second-order valence-electron chi connectivity index (χ2n) is 8.14. The summed E-state index contributed by atoms with van der Waals surface area (Å²) in [6.45, 7) is 1.89. The van der Waals surface area contributed by atoms with Crippen molar-refractivity contribution in [2.24, 2.45) is 16.0 Å². The van der Waals surface area contributed by atoms with Gasteiger partial charge in [-0.25, -0.2) is 8.42 Å². The van der Waals surface area contributed by atoms with E-state index in [1.807, 2.05) is 35.2 Å². The van der Waals surface area contributed by atoms with Crippen LogP contribution in [0.2, 0.25) is 0 Å². The molecule has 2 aromatic rings. The second-order valence-corrected chi connectivity index (χ2v) is 9.77. The maximum Gasteiger partial charge on any atom is 0.259 e. The molecule has 1 fully saturated rings. The molecule has 0 radical (unpaired) electrons. The number of hydrogen-bond donors (Lipinski definition) is 1. The summed E-state index contributed by atoms with van der Waals surface area (Å²) in [4.78, 5) is 14.6. The molecule has 8 heteroatoms. The van der Waals surface area contributed by atoms with Crippen molar-refractivity contribution in [3.05, 3.63) is 65.2 Å². The van der Waals surface area contributed by atoms with Gasteiger partial charge in [0.2, 0.25) is 5.91 Å². The monoisotopic (exact) mass is 441 g/mol. The van der Waals surface area contributed by atoms with Gasteiger partial charge in [0, 0.05) is 25.4 Å². The number of amidine groups is 1. The molecule has 31 heavy (non-hydrogen) atoms. The lowest BCUT2D eigenvalue weighted by molar-refractivity contribution is -0.133. The quantitative estimate of drug-likeness (QED) is 0.742. The predicted octanol–water partition coefficient (Wildman–Crippen LogP) is 2.49. The normalized spacial score (nSPS) is 19.9. The van der Waals surface area contributed by atoms with Gasteiger partial charge in [0.05, 0.1) is 17.9 Å². The maximum absolute atomic E-state index is 12.7. The van der Waals surface area contributed by atoms with Gasteiger partial charge in [-0.1, -0.05) is 42.5 Å². The third-order valence-corrected chi connectivity index (χ3v) is 6.91. The molecule has 0 aromatic heterocycles. The van der Waals surface area contributed by atoms with Crippen LogP contribution in [0, 0.1) is 5.92 Å². The van der Waals surface area contributed by atoms with Crippen LogP contribution in [0.4, 0.5) is 0 Å². The van der Waals surface area contributed by atoms with E-state index < -0.39 is 10.0 Å². The number of benzene rings is 2. The minimum atomic E-state index is -3.58. The Morgan fingerprint density at radius 2 is 1.97 bits per heavy atom. The molecule has 2 aromatic carbocycles. The lowest BCUT2D eigenvalue weighted by atomic mass is 9.98. The largest absolute Gasteiger partial charge is 0.492 e. The van der Waals surface area contributed by atoms with Gasteiger partial charge in [0.1, 0.15) is 11.6 Å². The Hall–Kier alpha value is -2.87. The molecule has 2 aliphatic heterocycles. The van der Waals surface area contributed by atoms with E-state index in [1.165, 1.54) is 5.56 Å². The molecular weight excluding hydrogens is 414 g/mol. The first-order chi connectivity index (χ1) is 14.9. The second kappa shape index (κ2) is 9.09. The zero-order valence-electron chi connectivity index (χ0n) is 17.4. The molecule has 4 rings (SSSR count). The van der Waals surface area contributed by atoms with Crippen molar-refractivity contribution in [1.29, 1.82) is 0 Å². The highest BCUT2D eigenvalue weighted by Crippen LogP contribution is 2.29. The highest BCUT2D eigenvalue weighted by molar-refractivity contribution is 7.89. The van der Waals surface area contributed by atoms with Crippen LogP contribution in [0.5, 0.6) is 5.75 Å². The van der Waals surface area contributed by atoms with Crippen LogP contribution in [0.3, 0.4) is 0 Å². The van der Waals surface area contributed by atoms with E-state index in [2.05, 4.69) is 4.40 Å². The first-order valence-electron chi connectivity index (χ1n) is 10.6. The van der Waals surface area contributed by atoms with Gasteiger partial charge >= 0.3 is 0 Å². The fourth-order valence-corrected chi connectivity index (χ4v) is 5.31. The average Bonchev–Trinajstić information content (AvgIpc) is 2.76.